The van der Waals surface area contributed by atoms with E-state index in [-0.39, 0.29) is 6.03 Å². The monoisotopic (exact) mass is 429 g/mol. The number of anilines is 3. The van der Waals surface area contributed by atoms with E-state index in [9.17, 15) is 4.79 Å². The Bertz CT molecular complexity index is 1140. The lowest BCUT2D eigenvalue weighted by atomic mass is 10.1. The summed E-state index contributed by atoms with van der Waals surface area (Å²) < 4.78 is 5.81. The predicted octanol–water partition coefficient (Wildman–Crippen LogP) is 4.51. The molecule has 0 aliphatic carbocycles. The van der Waals surface area contributed by atoms with Crippen molar-refractivity contribution in [3.05, 3.63) is 60.4 Å². The van der Waals surface area contributed by atoms with Crippen LogP contribution in [0.4, 0.5) is 22.0 Å². The molecule has 0 spiro atoms. The van der Waals surface area contributed by atoms with Crippen molar-refractivity contribution in [3.8, 4) is 17.0 Å². The van der Waals surface area contributed by atoms with Gasteiger partial charge in [-0.2, -0.15) is 0 Å². The predicted molar refractivity (Wildman–Crippen MR) is 127 cm³/mol. The van der Waals surface area contributed by atoms with Crippen LogP contribution in [0.5, 0.6) is 5.75 Å². The van der Waals surface area contributed by atoms with Gasteiger partial charge in [-0.3, -0.25) is 14.8 Å². The Morgan fingerprint density at radius 1 is 1.06 bits per heavy atom. The fraction of sp³-hybridized carbons (Fsp3) is 0.320. The third-order valence-electron chi connectivity index (χ3n) is 6.05. The summed E-state index contributed by atoms with van der Waals surface area (Å²) in [6.45, 7) is 5.03. The molecule has 2 amide bonds. The molecule has 0 saturated carbocycles. The van der Waals surface area contributed by atoms with Crippen LogP contribution in [0.15, 0.2) is 54.9 Å². The zero-order chi connectivity index (χ0) is 22.1. The third kappa shape index (κ3) is 3.86. The van der Waals surface area contributed by atoms with E-state index in [4.69, 9.17) is 9.72 Å². The van der Waals surface area contributed by atoms with Crippen LogP contribution in [0.3, 0.4) is 0 Å². The smallest absolute Gasteiger partial charge is 0.330 e. The molecule has 2 aliphatic heterocycles. The van der Waals surface area contributed by atoms with E-state index >= 15 is 0 Å². The highest BCUT2D eigenvalue weighted by Gasteiger charge is 2.29. The van der Waals surface area contributed by atoms with E-state index in [0.29, 0.717) is 24.7 Å². The second-order valence-corrected chi connectivity index (χ2v) is 8.32. The van der Waals surface area contributed by atoms with Crippen molar-refractivity contribution in [2.75, 3.05) is 48.0 Å². The van der Waals surface area contributed by atoms with Crippen molar-refractivity contribution >= 4 is 23.2 Å². The van der Waals surface area contributed by atoms with Crippen LogP contribution in [-0.2, 0) is 0 Å². The Balaban J connectivity index is 1.46. The molecule has 2 aliphatic rings. The van der Waals surface area contributed by atoms with E-state index < -0.39 is 0 Å². The van der Waals surface area contributed by atoms with Gasteiger partial charge in [0.15, 0.2) is 11.6 Å². The molecule has 1 fully saturated rings. The van der Waals surface area contributed by atoms with Gasteiger partial charge in [-0.1, -0.05) is 12.1 Å². The van der Waals surface area contributed by atoms with Crippen LogP contribution < -0.4 is 19.4 Å². The molecule has 7 heteroatoms. The zero-order valence-corrected chi connectivity index (χ0v) is 18.5. The molecule has 1 aromatic carbocycles. The first-order valence-electron chi connectivity index (χ1n) is 11.1. The molecule has 32 heavy (non-hydrogen) atoms. The number of fused-ring (bicyclic) bond motifs is 1. The number of aromatic nitrogens is 2. The maximum absolute atomic E-state index is 13.4. The highest BCUT2D eigenvalue weighted by atomic mass is 16.5. The topological polar surface area (TPSA) is 61.8 Å². The molecule has 7 nitrogen and oxygen atoms in total. The summed E-state index contributed by atoms with van der Waals surface area (Å²) in [5, 5.41) is 0. The van der Waals surface area contributed by atoms with Gasteiger partial charge in [0.25, 0.3) is 0 Å². The van der Waals surface area contributed by atoms with E-state index in [2.05, 4.69) is 34.1 Å². The molecule has 0 unspecified atom stereocenters. The van der Waals surface area contributed by atoms with Gasteiger partial charge in [0.05, 0.1) is 24.1 Å². The fourth-order valence-electron chi connectivity index (χ4n) is 4.29. The third-order valence-corrected chi connectivity index (χ3v) is 6.05. The standard InChI is InChI=1S/C25H27N5O2/c1-18-14-21(17-26-16-18)28(2)25(31)30-12-13-32-23-9-8-22(27-24(23)30)19-6-5-7-20(15-19)29-10-3-4-11-29/h5-9,14-17H,3-4,10-13H2,1-2H3. The van der Waals surface area contributed by atoms with Crippen LogP contribution in [0.2, 0.25) is 0 Å². The lowest BCUT2D eigenvalue weighted by Crippen LogP contribution is -2.46. The van der Waals surface area contributed by atoms with E-state index in [1.807, 2.05) is 25.1 Å². The molecule has 3 aromatic rings. The highest BCUT2D eigenvalue weighted by molar-refractivity contribution is 6.03. The number of aryl methyl sites for hydroxylation is 1. The first-order chi connectivity index (χ1) is 15.6. The van der Waals surface area contributed by atoms with Crippen LogP contribution in [-0.4, -0.2) is 49.3 Å². The highest BCUT2D eigenvalue weighted by Crippen LogP contribution is 2.34. The van der Waals surface area contributed by atoms with Gasteiger partial charge < -0.3 is 9.64 Å². The zero-order valence-electron chi connectivity index (χ0n) is 18.5. The Morgan fingerprint density at radius 3 is 2.72 bits per heavy atom. The molecule has 2 aromatic heterocycles. The molecule has 4 heterocycles. The number of benzene rings is 1. The molecule has 1 saturated heterocycles. The molecule has 5 rings (SSSR count). The largest absolute Gasteiger partial charge is 0.488 e. The lowest BCUT2D eigenvalue weighted by Gasteiger charge is -2.32. The van der Waals surface area contributed by atoms with E-state index in [1.54, 1.807) is 29.2 Å². The van der Waals surface area contributed by atoms with Gasteiger partial charge in [-0.05, 0) is 55.7 Å². The Labute approximate surface area is 188 Å². The van der Waals surface area contributed by atoms with Crippen molar-refractivity contribution in [2.24, 2.45) is 0 Å². The van der Waals surface area contributed by atoms with Crippen LogP contribution in [0.1, 0.15) is 18.4 Å². The number of ether oxygens (including phenoxy) is 1. The maximum Gasteiger partial charge on any atom is 0.330 e. The average molecular weight is 430 g/mol. The van der Waals surface area contributed by atoms with Crippen molar-refractivity contribution in [1.29, 1.82) is 0 Å². The molecular formula is C25H27N5O2. The summed E-state index contributed by atoms with van der Waals surface area (Å²) in [4.78, 5) is 28.2. The number of nitrogens with zero attached hydrogens (tertiary/aromatic N) is 5. The van der Waals surface area contributed by atoms with E-state index in [1.165, 1.54) is 18.5 Å². The van der Waals surface area contributed by atoms with E-state index in [0.717, 1.165) is 35.6 Å². The van der Waals surface area contributed by atoms with Gasteiger partial charge in [-0.15, -0.1) is 0 Å². The minimum atomic E-state index is -0.155. The van der Waals surface area contributed by atoms with Crippen LogP contribution >= 0.6 is 0 Å². The summed E-state index contributed by atoms with van der Waals surface area (Å²) in [5.41, 5.74) is 4.83. The quantitative estimate of drug-likeness (QED) is 0.613. The molecule has 0 atom stereocenters. The SMILES string of the molecule is Cc1cncc(N(C)C(=O)N2CCOc3ccc(-c4cccc(N5CCCC5)c4)nc32)c1. The molecule has 0 radical (unpaired) electrons. The summed E-state index contributed by atoms with van der Waals surface area (Å²) in [5.74, 6) is 1.18. The number of pyridine rings is 2. The van der Waals surface area contributed by atoms with Crippen LogP contribution in [0, 0.1) is 6.92 Å². The molecule has 0 bridgehead atoms. The number of urea groups is 1. The lowest BCUT2D eigenvalue weighted by molar-refractivity contribution is 0.245. The molecule has 0 N–H and O–H groups in total. The van der Waals surface area contributed by atoms with Crippen molar-refractivity contribution in [1.82, 2.24) is 9.97 Å². The van der Waals surface area contributed by atoms with Crippen LogP contribution in [0.25, 0.3) is 11.3 Å². The number of carbonyl (C=O) groups excluding carboxylic acids is 1. The summed E-state index contributed by atoms with van der Waals surface area (Å²) in [7, 11) is 1.76. The minimum absolute atomic E-state index is 0.155. The molecule has 164 valence electrons. The Hall–Kier alpha value is -3.61. The van der Waals surface area contributed by atoms with Gasteiger partial charge in [-0.25, -0.2) is 9.78 Å². The molecular weight excluding hydrogens is 402 g/mol. The number of amides is 2. The first-order valence-corrected chi connectivity index (χ1v) is 11.1. The fourth-order valence-corrected chi connectivity index (χ4v) is 4.29. The number of hydrogen-bond acceptors (Lipinski definition) is 5. The van der Waals surface area contributed by atoms with Crippen molar-refractivity contribution < 1.29 is 9.53 Å². The van der Waals surface area contributed by atoms with Crippen molar-refractivity contribution in [2.45, 2.75) is 19.8 Å². The number of rotatable bonds is 3. The summed E-state index contributed by atoms with van der Waals surface area (Å²) >= 11 is 0. The number of hydrogen-bond donors (Lipinski definition) is 0. The number of carbonyl (C=O) groups is 1. The van der Waals surface area contributed by atoms with Gasteiger partial charge >= 0.3 is 6.03 Å². The maximum atomic E-state index is 13.4. The van der Waals surface area contributed by atoms with Gasteiger partial charge in [0, 0.05) is 37.6 Å². The summed E-state index contributed by atoms with van der Waals surface area (Å²) in [6.07, 6.45) is 5.94. The Kier molecular flexibility index (Phi) is 5.39. The second kappa shape index (κ2) is 8.49. The average Bonchev–Trinajstić information content (AvgIpc) is 3.38. The van der Waals surface area contributed by atoms with Gasteiger partial charge in [0.2, 0.25) is 0 Å². The minimum Gasteiger partial charge on any atom is -0.488 e. The Morgan fingerprint density at radius 2 is 1.91 bits per heavy atom. The first kappa shape index (κ1) is 20.3. The van der Waals surface area contributed by atoms with Crippen molar-refractivity contribution in [3.63, 3.8) is 0 Å². The second-order valence-electron chi connectivity index (χ2n) is 8.32. The van der Waals surface area contributed by atoms with Gasteiger partial charge in [0.1, 0.15) is 6.61 Å². The normalized spacial score (nSPS) is 15.3. The summed E-state index contributed by atoms with van der Waals surface area (Å²) in [6, 6.07) is 14.1.